The van der Waals surface area contributed by atoms with Crippen molar-refractivity contribution in [2.45, 2.75) is 6.17 Å². The van der Waals surface area contributed by atoms with Crippen LogP contribution in [0.15, 0.2) is 210 Å². The third-order valence-electron chi connectivity index (χ3n) is 10.6. The minimum Gasteiger partial charge on any atom is -0.383 e. The SMILES string of the molecule is NC(=NC(N=Cc1ccccc1)c1ccc(-n2c3ccccc3c3cc(-c4ccc5c(c4)c4ccccc4n5-c4ccccc4)ccc32)cc1)c1ccccc1. The van der Waals surface area contributed by atoms with E-state index in [9.17, 15) is 0 Å². The maximum Gasteiger partial charge on any atom is 0.167 e. The molecule has 2 aromatic heterocycles. The molecule has 10 rings (SSSR count). The van der Waals surface area contributed by atoms with E-state index in [1.165, 1.54) is 43.7 Å². The highest BCUT2D eigenvalue weighted by molar-refractivity contribution is 6.12. The van der Waals surface area contributed by atoms with Gasteiger partial charge in [0.1, 0.15) is 5.84 Å². The van der Waals surface area contributed by atoms with Crippen LogP contribution in [0.5, 0.6) is 0 Å². The summed E-state index contributed by atoms with van der Waals surface area (Å²) in [5.41, 5.74) is 18.7. The summed E-state index contributed by atoms with van der Waals surface area (Å²) in [6.07, 6.45) is 1.36. The molecule has 0 fully saturated rings. The van der Waals surface area contributed by atoms with E-state index in [2.05, 4.69) is 149 Å². The van der Waals surface area contributed by atoms with Crippen LogP contribution in [0, 0.1) is 0 Å². The van der Waals surface area contributed by atoms with Crippen molar-refractivity contribution in [3.8, 4) is 22.5 Å². The Morgan fingerprint density at radius 3 is 1.48 bits per heavy atom. The van der Waals surface area contributed by atoms with Crippen molar-refractivity contribution in [1.82, 2.24) is 9.13 Å². The molecule has 2 N–H and O–H groups in total. The molecular formula is C51H37N5. The number of rotatable bonds is 8. The van der Waals surface area contributed by atoms with E-state index in [0.717, 1.165) is 39.1 Å². The van der Waals surface area contributed by atoms with E-state index >= 15 is 0 Å². The summed E-state index contributed by atoms with van der Waals surface area (Å²) in [7, 11) is 0. The van der Waals surface area contributed by atoms with Crippen molar-refractivity contribution < 1.29 is 0 Å². The summed E-state index contributed by atoms with van der Waals surface area (Å²) in [6, 6.07) is 70.1. The van der Waals surface area contributed by atoms with Gasteiger partial charge in [-0.2, -0.15) is 0 Å². The normalized spacial score (nSPS) is 12.7. The summed E-state index contributed by atoms with van der Waals surface area (Å²) in [5, 5.41) is 4.90. The Bertz CT molecular complexity index is 3070. The first-order chi connectivity index (χ1) is 27.7. The van der Waals surface area contributed by atoms with Gasteiger partial charge in [0.25, 0.3) is 0 Å². The van der Waals surface area contributed by atoms with Crippen molar-refractivity contribution in [2.24, 2.45) is 15.7 Å². The maximum atomic E-state index is 6.54. The van der Waals surface area contributed by atoms with Gasteiger partial charge >= 0.3 is 0 Å². The van der Waals surface area contributed by atoms with Crippen LogP contribution in [-0.2, 0) is 0 Å². The van der Waals surface area contributed by atoms with Crippen molar-refractivity contribution >= 4 is 55.7 Å². The van der Waals surface area contributed by atoms with Gasteiger partial charge in [-0.25, -0.2) is 4.99 Å². The number of nitrogens with zero attached hydrogens (tertiary/aromatic N) is 4. The number of benzene rings is 8. The first-order valence-electron chi connectivity index (χ1n) is 18.9. The van der Waals surface area contributed by atoms with Gasteiger partial charge in [0.15, 0.2) is 6.17 Å². The minimum absolute atomic E-state index is 0.448. The topological polar surface area (TPSA) is 60.6 Å². The lowest BCUT2D eigenvalue weighted by atomic mass is 10.0. The van der Waals surface area contributed by atoms with Crippen molar-refractivity contribution in [1.29, 1.82) is 0 Å². The fourth-order valence-corrected chi connectivity index (χ4v) is 7.94. The summed E-state index contributed by atoms with van der Waals surface area (Å²) >= 11 is 0. The number of aromatic nitrogens is 2. The molecule has 0 amide bonds. The zero-order valence-corrected chi connectivity index (χ0v) is 30.6. The molecule has 0 aliphatic rings. The molecule has 10 aromatic rings. The predicted molar refractivity (Wildman–Crippen MR) is 234 cm³/mol. The highest BCUT2D eigenvalue weighted by Crippen LogP contribution is 2.38. The molecule has 0 saturated heterocycles. The maximum absolute atomic E-state index is 6.54. The van der Waals surface area contributed by atoms with Gasteiger partial charge in [0.05, 0.1) is 22.1 Å². The average Bonchev–Trinajstić information content (AvgIpc) is 3.78. The van der Waals surface area contributed by atoms with Gasteiger partial charge in [-0.1, -0.05) is 140 Å². The Morgan fingerprint density at radius 2 is 0.911 bits per heavy atom. The van der Waals surface area contributed by atoms with Crippen molar-refractivity contribution in [2.75, 3.05) is 0 Å². The third-order valence-corrected chi connectivity index (χ3v) is 10.6. The smallest absolute Gasteiger partial charge is 0.167 e. The Kier molecular flexibility index (Phi) is 8.30. The lowest BCUT2D eigenvalue weighted by Crippen LogP contribution is -2.15. The summed E-state index contributed by atoms with van der Waals surface area (Å²) < 4.78 is 4.71. The number of amidine groups is 1. The molecule has 1 unspecified atom stereocenters. The minimum atomic E-state index is -0.510. The fraction of sp³-hybridized carbons (Fsp3) is 0.0196. The average molecular weight is 720 g/mol. The van der Waals surface area contributed by atoms with Gasteiger partial charge in [-0.3, -0.25) is 4.99 Å². The molecule has 0 aliphatic carbocycles. The molecule has 0 radical (unpaired) electrons. The highest BCUT2D eigenvalue weighted by Gasteiger charge is 2.17. The number of para-hydroxylation sites is 3. The quantitative estimate of drug-likeness (QED) is 0.123. The predicted octanol–water partition coefficient (Wildman–Crippen LogP) is 12.1. The number of aliphatic imine (C=N–C) groups is 2. The molecule has 0 saturated carbocycles. The summed E-state index contributed by atoms with van der Waals surface area (Å²) in [5.74, 6) is 0.448. The van der Waals surface area contributed by atoms with E-state index in [1.54, 1.807) is 0 Å². The number of fused-ring (bicyclic) bond motifs is 6. The summed E-state index contributed by atoms with van der Waals surface area (Å²) in [6.45, 7) is 0. The molecule has 8 aromatic carbocycles. The molecule has 1 atom stereocenters. The lowest BCUT2D eigenvalue weighted by molar-refractivity contribution is 0.781. The van der Waals surface area contributed by atoms with Crippen LogP contribution in [0.2, 0.25) is 0 Å². The van der Waals surface area contributed by atoms with Crippen molar-refractivity contribution in [3.05, 3.63) is 217 Å². The van der Waals surface area contributed by atoms with E-state index in [0.29, 0.717) is 5.84 Å². The van der Waals surface area contributed by atoms with E-state index in [-0.39, 0.29) is 0 Å². The van der Waals surface area contributed by atoms with Gasteiger partial charge in [0, 0.05) is 44.7 Å². The summed E-state index contributed by atoms with van der Waals surface area (Å²) in [4.78, 5) is 9.82. The van der Waals surface area contributed by atoms with Crippen LogP contribution < -0.4 is 5.73 Å². The van der Waals surface area contributed by atoms with Crippen LogP contribution in [0.25, 0.3) is 66.1 Å². The Balaban J connectivity index is 1.05. The first-order valence-corrected chi connectivity index (χ1v) is 18.9. The Labute approximate surface area is 325 Å². The second kappa shape index (κ2) is 14.0. The van der Waals surface area contributed by atoms with E-state index < -0.39 is 6.17 Å². The van der Waals surface area contributed by atoms with Crippen molar-refractivity contribution in [3.63, 3.8) is 0 Å². The molecule has 0 spiro atoms. The second-order valence-electron chi connectivity index (χ2n) is 14.0. The Morgan fingerprint density at radius 1 is 0.446 bits per heavy atom. The highest BCUT2D eigenvalue weighted by atomic mass is 15.0. The van der Waals surface area contributed by atoms with Crippen LogP contribution in [-0.4, -0.2) is 21.2 Å². The van der Waals surface area contributed by atoms with Crippen LogP contribution in [0.1, 0.15) is 22.9 Å². The van der Waals surface area contributed by atoms with Gasteiger partial charge in [-0.05, 0) is 82.9 Å². The molecule has 0 aliphatic heterocycles. The third kappa shape index (κ3) is 5.92. The van der Waals surface area contributed by atoms with E-state index in [4.69, 9.17) is 15.7 Å². The number of hydrogen-bond acceptors (Lipinski definition) is 2. The van der Waals surface area contributed by atoms with E-state index in [1.807, 2.05) is 66.9 Å². The van der Waals surface area contributed by atoms with Crippen LogP contribution in [0.4, 0.5) is 0 Å². The van der Waals surface area contributed by atoms with Crippen LogP contribution in [0.3, 0.4) is 0 Å². The molecule has 56 heavy (non-hydrogen) atoms. The van der Waals surface area contributed by atoms with Gasteiger partial charge < -0.3 is 14.9 Å². The Hall–Kier alpha value is -7.50. The largest absolute Gasteiger partial charge is 0.383 e. The molecular weight excluding hydrogens is 683 g/mol. The molecule has 0 bridgehead atoms. The fourth-order valence-electron chi connectivity index (χ4n) is 7.94. The van der Waals surface area contributed by atoms with Gasteiger partial charge in [0.2, 0.25) is 0 Å². The molecule has 2 heterocycles. The van der Waals surface area contributed by atoms with Gasteiger partial charge in [-0.15, -0.1) is 0 Å². The monoisotopic (exact) mass is 719 g/mol. The zero-order valence-electron chi connectivity index (χ0n) is 30.6. The second-order valence-corrected chi connectivity index (χ2v) is 14.0. The molecule has 5 nitrogen and oxygen atoms in total. The van der Waals surface area contributed by atoms with Crippen LogP contribution >= 0.6 is 0 Å². The lowest BCUT2D eigenvalue weighted by Gasteiger charge is -2.13. The molecule has 5 heteroatoms. The zero-order chi connectivity index (χ0) is 37.4. The number of nitrogens with two attached hydrogens (primary N) is 1. The molecule has 266 valence electrons. The first kappa shape index (κ1) is 33.1. The standard InChI is InChI=1S/C51H37N5/c52-50(36-16-6-2-7-17-36)54-51(53-34-35-14-4-1-5-15-35)37-24-28-41(29-25-37)56-47-23-13-11-21-43(47)45-33-39(27-31-49(45)56)38-26-30-48-44(32-38)42-20-10-12-22-46(42)55(48)40-18-8-3-9-19-40/h1-34,51H,(H2,52,54). The number of hydrogen-bond donors (Lipinski definition) is 1.